The second-order valence-corrected chi connectivity index (χ2v) is 8.60. The number of hydrogen-bond donors (Lipinski definition) is 3. The number of benzene rings is 2. The number of amides is 3. The van der Waals surface area contributed by atoms with Crippen molar-refractivity contribution in [2.45, 2.75) is 45.7 Å². The van der Waals surface area contributed by atoms with Gasteiger partial charge in [-0.3, -0.25) is 9.59 Å². The standard InChI is InChI=1S/C26H33N3O5/c1-5-33-15-27-24(30)17(4)28-25(31)23(16(2)3)29-26(32)34-14-22-20-12-8-6-10-18(20)19-11-7-9-13-21(19)22/h6-13,16-17,22-23H,5,14-15H2,1-4H3,(H,27,30)(H,28,31)(H,29,32)/t17-,23-/m0/s1. The highest BCUT2D eigenvalue weighted by Crippen LogP contribution is 2.44. The van der Waals surface area contributed by atoms with E-state index in [9.17, 15) is 14.4 Å². The van der Waals surface area contributed by atoms with Gasteiger partial charge in [-0.2, -0.15) is 0 Å². The van der Waals surface area contributed by atoms with Crippen LogP contribution in [0, 0.1) is 5.92 Å². The molecule has 0 bridgehead atoms. The lowest BCUT2D eigenvalue weighted by Crippen LogP contribution is -2.54. The molecule has 8 nitrogen and oxygen atoms in total. The third-order valence-corrected chi connectivity index (χ3v) is 5.87. The van der Waals surface area contributed by atoms with E-state index in [-0.39, 0.29) is 31.1 Å². The fourth-order valence-corrected chi connectivity index (χ4v) is 4.05. The van der Waals surface area contributed by atoms with Crippen molar-refractivity contribution < 1.29 is 23.9 Å². The first kappa shape index (κ1) is 25.2. The van der Waals surface area contributed by atoms with E-state index in [2.05, 4.69) is 28.1 Å². The lowest BCUT2D eigenvalue weighted by atomic mass is 9.98. The summed E-state index contributed by atoms with van der Waals surface area (Å²) in [5.41, 5.74) is 4.51. The number of carbonyl (C=O) groups excluding carboxylic acids is 3. The van der Waals surface area contributed by atoms with Crippen LogP contribution in [-0.2, 0) is 19.1 Å². The van der Waals surface area contributed by atoms with Gasteiger partial charge in [-0.15, -0.1) is 0 Å². The van der Waals surface area contributed by atoms with E-state index < -0.39 is 24.1 Å². The van der Waals surface area contributed by atoms with Crippen LogP contribution in [0.4, 0.5) is 4.79 Å². The summed E-state index contributed by atoms with van der Waals surface area (Å²) in [5.74, 6) is -1.11. The van der Waals surface area contributed by atoms with Crippen molar-refractivity contribution in [3.63, 3.8) is 0 Å². The summed E-state index contributed by atoms with van der Waals surface area (Å²) in [6.45, 7) is 7.72. The van der Waals surface area contributed by atoms with Crippen LogP contribution in [-0.4, -0.2) is 49.9 Å². The number of fused-ring (bicyclic) bond motifs is 3. The quantitative estimate of drug-likeness (QED) is 0.368. The van der Waals surface area contributed by atoms with Crippen molar-refractivity contribution in [2.24, 2.45) is 5.92 Å². The zero-order valence-corrected chi connectivity index (χ0v) is 20.1. The number of alkyl carbamates (subject to hydrolysis) is 1. The third kappa shape index (κ3) is 5.94. The van der Waals surface area contributed by atoms with Crippen LogP contribution in [0.3, 0.4) is 0 Å². The van der Waals surface area contributed by atoms with Gasteiger partial charge in [-0.25, -0.2) is 4.79 Å². The Balaban J connectivity index is 1.58. The molecule has 0 saturated heterocycles. The number of hydrogen-bond acceptors (Lipinski definition) is 5. The molecule has 182 valence electrons. The molecule has 3 rings (SSSR count). The highest BCUT2D eigenvalue weighted by Gasteiger charge is 2.31. The number of nitrogens with one attached hydrogen (secondary N) is 3. The predicted octanol–water partition coefficient (Wildman–Crippen LogP) is 3.16. The van der Waals surface area contributed by atoms with Crippen LogP contribution in [0.25, 0.3) is 11.1 Å². The van der Waals surface area contributed by atoms with Gasteiger partial charge < -0.3 is 25.4 Å². The molecule has 2 aromatic rings. The van der Waals surface area contributed by atoms with Gasteiger partial charge in [0.1, 0.15) is 25.4 Å². The van der Waals surface area contributed by atoms with E-state index in [0.29, 0.717) is 6.61 Å². The topological polar surface area (TPSA) is 106 Å². The molecule has 0 fully saturated rings. The maximum Gasteiger partial charge on any atom is 0.407 e. The molecule has 3 N–H and O–H groups in total. The molecule has 0 heterocycles. The van der Waals surface area contributed by atoms with Crippen LogP contribution in [0.15, 0.2) is 48.5 Å². The summed E-state index contributed by atoms with van der Waals surface area (Å²) >= 11 is 0. The Morgan fingerprint density at radius 2 is 1.47 bits per heavy atom. The summed E-state index contributed by atoms with van der Waals surface area (Å²) < 4.78 is 10.7. The fourth-order valence-electron chi connectivity index (χ4n) is 4.05. The predicted molar refractivity (Wildman–Crippen MR) is 129 cm³/mol. The molecule has 8 heteroatoms. The molecule has 0 radical (unpaired) electrons. The molecule has 0 aromatic heterocycles. The summed E-state index contributed by atoms with van der Waals surface area (Å²) in [6.07, 6.45) is -0.677. The first-order chi connectivity index (χ1) is 16.3. The average Bonchev–Trinajstić information content (AvgIpc) is 3.14. The van der Waals surface area contributed by atoms with Crippen molar-refractivity contribution in [3.8, 4) is 11.1 Å². The van der Waals surface area contributed by atoms with Crippen molar-refractivity contribution in [1.29, 1.82) is 0 Å². The Hall–Kier alpha value is -3.39. The monoisotopic (exact) mass is 467 g/mol. The van der Waals surface area contributed by atoms with Gasteiger partial charge in [-0.1, -0.05) is 62.4 Å². The van der Waals surface area contributed by atoms with Crippen molar-refractivity contribution in [1.82, 2.24) is 16.0 Å². The molecule has 1 aliphatic rings. The second kappa shape index (κ2) is 11.7. The van der Waals surface area contributed by atoms with Gasteiger partial charge in [0.15, 0.2) is 0 Å². The summed E-state index contributed by atoms with van der Waals surface area (Å²) in [5, 5.41) is 7.87. The highest BCUT2D eigenvalue weighted by atomic mass is 16.5. The molecular weight excluding hydrogens is 434 g/mol. The summed E-state index contributed by atoms with van der Waals surface area (Å²) in [7, 11) is 0. The van der Waals surface area contributed by atoms with E-state index in [0.717, 1.165) is 22.3 Å². The van der Waals surface area contributed by atoms with Gasteiger partial charge in [0.2, 0.25) is 11.8 Å². The van der Waals surface area contributed by atoms with Gasteiger partial charge in [0.05, 0.1) is 0 Å². The number of rotatable bonds is 10. The van der Waals surface area contributed by atoms with Gasteiger partial charge in [0.25, 0.3) is 0 Å². The maximum atomic E-state index is 12.8. The zero-order chi connectivity index (χ0) is 24.7. The van der Waals surface area contributed by atoms with Crippen molar-refractivity contribution >= 4 is 17.9 Å². The first-order valence-corrected chi connectivity index (χ1v) is 11.6. The molecule has 0 aliphatic heterocycles. The van der Waals surface area contributed by atoms with E-state index >= 15 is 0 Å². The molecule has 3 amide bonds. The van der Waals surface area contributed by atoms with Crippen molar-refractivity contribution in [3.05, 3.63) is 59.7 Å². The molecule has 2 atom stereocenters. The molecule has 0 spiro atoms. The first-order valence-electron chi connectivity index (χ1n) is 11.6. The minimum Gasteiger partial charge on any atom is -0.449 e. The average molecular weight is 468 g/mol. The highest BCUT2D eigenvalue weighted by molar-refractivity contribution is 5.91. The SMILES string of the molecule is CCOCNC(=O)[C@H](C)NC(=O)[C@@H](NC(=O)OCC1c2ccccc2-c2ccccc21)C(C)C. The number of ether oxygens (including phenoxy) is 2. The Bertz CT molecular complexity index is 978. The van der Waals surface area contributed by atoms with Crippen molar-refractivity contribution in [2.75, 3.05) is 19.9 Å². The lowest BCUT2D eigenvalue weighted by Gasteiger charge is -2.24. The minimum absolute atomic E-state index is 0.0706. The van der Waals surface area contributed by atoms with Crippen LogP contribution in [0.1, 0.15) is 44.7 Å². The third-order valence-electron chi connectivity index (χ3n) is 5.87. The lowest BCUT2D eigenvalue weighted by molar-refractivity contribution is -0.131. The van der Waals surface area contributed by atoms with Crippen LogP contribution >= 0.6 is 0 Å². The Morgan fingerprint density at radius 3 is 2.03 bits per heavy atom. The second-order valence-electron chi connectivity index (χ2n) is 8.60. The molecular formula is C26H33N3O5. The van der Waals surface area contributed by atoms with E-state index in [4.69, 9.17) is 9.47 Å². The minimum atomic E-state index is -0.849. The summed E-state index contributed by atoms with van der Waals surface area (Å²) in [6, 6.07) is 14.5. The molecule has 0 unspecified atom stereocenters. The summed E-state index contributed by atoms with van der Waals surface area (Å²) in [4.78, 5) is 37.5. The Kier molecular flexibility index (Phi) is 8.65. The van der Waals surface area contributed by atoms with E-state index in [1.54, 1.807) is 6.92 Å². The van der Waals surface area contributed by atoms with Crippen LogP contribution < -0.4 is 16.0 Å². The molecule has 0 saturated carbocycles. The number of carbonyl (C=O) groups is 3. The molecule has 2 aromatic carbocycles. The van der Waals surface area contributed by atoms with Gasteiger partial charge in [0, 0.05) is 12.5 Å². The fraction of sp³-hybridized carbons (Fsp3) is 0.423. The maximum absolute atomic E-state index is 12.8. The van der Waals surface area contributed by atoms with E-state index in [1.807, 2.05) is 57.2 Å². The van der Waals surface area contributed by atoms with E-state index in [1.165, 1.54) is 0 Å². The zero-order valence-electron chi connectivity index (χ0n) is 20.1. The van der Waals surface area contributed by atoms with Gasteiger partial charge >= 0.3 is 6.09 Å². The van der Waals surface area contributed by atoms with Crippen LogP contribution in [0.5, 0.6) is 0 Å². The smallest absolute Gasteiger partial charge is 0.407 e. The molecule has 34 heavy (non-hydrogen) atoms. The molecule has 1 aliphatic carbocycles. The Labute approximate surface area is 200 Å². The van der Waals surface area contributed by atoms with Gasteiger partial charge in [-0.05, 0) is 42.0 Å². The normalized spacial score (nSPS) is 14.0. The Morgan fingerprint density at radius 1 is 0.882 bits per heavy atom. The largest absolute Gasteiger partial charge is 0.449 e. The van der Waals surface area contributed by atoms with Crippen LogP contribution in [0.2, 0.25) is 0 Å².